The van der Waals surface area contributed by atoms with Gasteiger partial charge in [0.2, 0.25) is 5.91 Å². The largest absolute Gasteiger partial charge is 0.379 e. The fraction of sp³-hybridized carbons (Fsp3) is 0.632. The lowest BCUT2D eigenvalue weighted by Gasteiger charge is -2.33. The van der Waals surface area contributed by atoms with Gasteiger partial charge >= 0.3 is 0 Å². The number of hydrogen-bond donors (Lipinski definition) is 1. The average Bonchev–Trinajstić information content (AvgIpc) is 2.64. The molecule has 3 rings (SSSR count). The lowest BCUT2D eigenvalue weighted by atomic mass is 9.93. The second-order valence-electron chi connectivity index (χ2n) is 7.13. The van der Waals surface area contributed by atoms with Gasteiger partial charge in [-0.25, -0.2) is 0 Å². The minimum Gasteiger partial charge on any atom is -0.379 e. The summed E-state index contributed by atoms with van der Waals surface area (Å²) >= 11 is 9.54. The van der Waals surface area contributed by atoms with Crippen LogP contribution in [-0.2, 0) is 9.53 Å². The smallest absolute Gasteiger partial charge is 0.238 e. The van der Waals surface area contributed by atoms with Crippen molar-refractivity contribution in [2.45, 2.75) is 19.3 Å². The van der Waals surface area contributed by atoms with E-state index in [-0.39, 0.29) is 5.91 Å². The van der Waals surface area contributed by atoms with Crippen LogP contribution in [0.15, 0.2) is 22.7 Å². The molecular weight excluding hydrogens is 418 g/mol. The van der Waals surface area contributed by atoms with Gasteiger partial charge in [-0.2, -0.15) is 0 Å². The molecule has 2 fully saturated rings. The molecule has 0 radical (unpaired) electrons. The van der Waals surface area contributed by atoms with Crippen LogP contribution in [0, 0.1) is 5.92 Å². The Bertz CT molecular complexity index is 602. The molecule has 0 aromatic heterocycles. The molecule has 2 heterocycles. The zero-order valence-corrected chi connectivity index (χ0v) is 17.4. The van der Waals surface area contributed by atoms with Gasteiger partial charge in [0.1, 0.15) is 0 Å². The number of ether oxygens (including phenoxy) is 1. The molecule has 1 aromatic rings. The number of hydrogen-bond acceptors (Lipinski definition) is 4. The minimum absolute atomic E-state index is 0.000916. The maximum atomic E-state index is 12.3. The monoisotopic (exact) mass is 443 g/mol. The average molecular weight is 445 g/mol. The van der Waals surface area contributed by atoms with Crippen molar-refractivity contribution in [1.29, 1.82) is 0 Å². The maximum Gasteiger partial charge on any atom is 0.238 e. The van der Waals surface area contributed by atoms with Crippen LogP contribution >= 0.6 is 27.5 Å². The normalized spacial score (nSPS) is 20.2. The molecule has 0 unspecified atom stereocenters. The summed E-state index contributed by atoms with van der Waals surface area (Å²) in [5.74, 6) is 0.777. The van der Waals surface area contributed by atoms with Crippen molar-refractivity contribution in [2.75, 3.05) is 57.8 Å². The summed E-state index contributed by atoms with van der Waals surface area (Å²) in [6.07, 6.45) is 3.61. The fourth-order valence-electron chi connectivity index (χ4n) is 3.61. The molecule has 7 heteroatoms. The third-order valence-electron chi connectivity index (χ3n) is 5.24. The number of anilines is 1. The van der Waals surface area contributed by atoms with Crippen LogP contribution in [0.25, 0.3) is 0 Å². The van der Waals surface area contributed by atoms with Crippen LogP contribution in [0.4, 0.5) is 5.69 Å². The predicted molar refractivity (Wildman–Crippen MR) is 109 cm³/mol. The van der Waals surface area contributed by atoms with E-state index < -0.39 is 0 Å². The number of nitrogens with one attached hydrogen (secondary N) is 1. The van der Waals surface area contributed by atoms with Gasteiger partial charge in [0.25, 0.3) is 0 Å². The topological polar surface area (TPSA) is 44.8 Å². The number of nitrogens with zero attached hydrogens (tertiary/aromatic N) is 2. The molecule has 2 aliphatic heterocycles. The Kier molecular flexibility index (Phi) is 7.76. The molecule has 144 valence electrons. The number of benzene rings is 1. The van der Waals surface area contributed by atoms with Gasteiger partial charge < -0.3 is 10.1 Å². The Morgan fingerprint density at radius 1 is 1.19 bits per heavy atom. The fourth-order valence-corrected chi connectivity index (χ4v) is 4.33. The molecule has 26 heavy (non-hydrogen) atoms. The number of likely N-dealkylation sites (tertiary alicyclic amines) is 1. The van der Waals surface area contributed by atoms with Crippen molar-refractivity contribution >= 4 is 39.1 Å². The van der Waals surface area contributed by atoms with E-state index in [9.17, 15) is 4.79 Å². The zero-order valence-electron chi connectivity index (χ0n) is 15.1. The van der Waals surface area contributed by atoms with E-state index in [4.69, 9.17) is 16.3 Å². The van der Waals surface area contributed by atoms with E-state index in [1.807, 2.05) is 12.1 Å². The molecule has 0 spiro atoms. The summed E-state index contributed by atoms with van der Waals surface area (Å²) in [6.45, 7) is 7.48. The SMILES string of the molecule is O=C(CN1CCC(CCN2CCOCC2)CC1)Nc1ccc(Br)cc1Cl. The molecule has 0 atom stereocenters. The van der Waals surface area contributed by atoms with E-state index in [2.05, 4.69) is 31.0 Å². The van der Waals surface area contributed by atoms with Gasteiger partial charge in [0.05, 0.1) is 30.5 Å². The molecule has 1 aromatic carbocycles. The Labute approximate surface area is 169 Å². The van der Waals surface area contributed by atoms with Gasteiger partial charge in [-0.3, -0.25) is 14.6 Å². The summed E-state index contributed by atoms with van der Waals surface area (Å²) in [5.41, 5.74) is 0.667. The predicted octanol–water partition coefficient (Wildman–Crippen LogP) is 3.48. The first-order valence-corrected chi connectivity index (χ1v) is 10.5. The summed E-state index contributed by atoms with van der Waals surface area (Å²) in [4.78, 5) is 17.0. The van der Waals surface area contributed by atoms with Crippen molar-refractivity contribution in [2.24, 2.45) is 5.92 Å². The van der Waals surface area contributed by atoms with Gasteiger partial charge in [-0.05, 0) is 63.0 Å². The van der Waals surface area contributed by atoms with E-state index in [1.165, 1.54) is 25.8 Å². The lowest BCUT2D eigenvalue weighted by Crippen LogP contribution is -2.41. The molecule has 0 aliphatic carbocycles. The van der Waals surface area contributed by atoms with E-state index in [0.29, 0.717) is 17.3 Å². The molecule has 0 saturated carbocycles. The van der Waals surface area contributed by atoms with Crippen LogP contribution in [0.3, 0.4) is 0 Å². The first-order valence-electron chi connectivity index (χ1n) is 9.37. The Hall–Kier alpha value is -0.660. The summed E-state index contributed by atoms with van der Waals surface area (Å²) in [5, 5.41) is 3.46. The van der Waals surface area contributed by atoms with Crippen molar-refractivity contribution in [3.05, 3.63) is 27.7 Å². The Morgan fingerprint density at radius 2 is 1.92 bits per heavy atom. The van der Waals surface area contributed by atoms with Crippen LogP contribution in [-0.4, -0.2) is 68.2 Å². The molecule has 1 N–H and O–H groups in total. The van der Waals surface area contributed by atoms with Crippen molar-refractivity contribution < 1.29 is 9.53 Å². The van der Waals surface area contributed by atoms with Crippen LogP contribution in [0.2, 0.25) is 5.02 Å². The summed E-state index contributed by atoms with van der Waals surface area (Å²) < 4.78 is 6.30. The second kappa shape index (κ2) is 10.0. The highest BCUT2D eigenvalue weighted by atomic mass is 79.9. The number of halogens is 2. The van der Waals surface area contributed by atoms with Gasteiger partial charge in [0, 0.05) is 17.6 Å². The molecule has 5 nitrogen and oxygen atoms in total. The number of carbonyl (C=O) groups excluding carboxylic acids is 1. The molecule has 1 amide bonds. The first kappa shape index (κ1) is 20.1. The second-order valence-corrected chi connectivity index (χ2v) is 8.46. The summed E-state index contributed by atoms with van der Waals surface area (Å²) in [6, 6.07) is 5.49. The molecule has 2 saturated heterocycles. The van der Waals surface area contributed by atoms with Gasteiger partial charge in [-0.15, -0.1) is 0 Å². The van der Waals surface area contributed by atoms with Crippen LogP contribution < -0.4 is 5.32 Å². The minimum atomic E-state index is 0.000916. The standard InChI is InChI=1S/C19H27BrClN3O2/c20-16-1-2-18(17(21)13-16)22-19(25)14-24-7-4-15(5-8-24)3-6-23-9-11-26-12-10-23/h1-2,13,15H,3-12,14H2,(H,22,25). The highest BCUT2D eigenvalue weighted by molar-refractivity contribution is 9.10. The Morgan fingerprint density at radius 3 is 2.62 bits per heavy atom. The van der Waals surface area contributed by atoms with E-state index in [0.717, 1.165) is 49.8 Å². The molecule has 2 aliphatic rings. The maximum absolute atomic E-state index is 12.3. The third kappa shape index (κ3) is 6.20. The van der Waals surface area contributed by atoms with Crippen molar-refractivity contribution in [3.8, 4) is 0 Å². The number of piperidine rings is 1. The lowest BCUT2D eigenvalue weighted by molar-refractivity contribution is -0.117. The zero-order chi connectivity index (χ0) is 18.4. The van der Waals surface area contributed by atoms with E-state index in [1.54, 1.807) is 6.07 Å². The number of carbonyl (C=O) groups is 1. The highest BCUT2D eigenvalue weighted by Crippen LogP contribution is 2.26. The quantitative estimate of drug-likeness (QED) is 0.730. The molecule has 0 bridgehead atoms. The summed E-state index contributed by atoms with van der Waals surface area (Å²) in [7, 11) is 0. The Balaban J connectivity index is 1.36. The number of morpholine rings is 1. The first-order chi connectivity index (χ1) is 12.6. The molecular formula is C19H27BrClN3O2. The van der Waals surface area contributed by atoms with Crippen LogP contribution in [0.1, 0.15) is 19.3 Å². The number of amides is 1. The highest BCUT2D eigenvalue weighted by Gasteiger charge is 2.22. The number of rotatable bonds is 6. The van der Waals surface area contributed by atoms with Crippen molar-refractivity contribution in [3.63, 3.8) is 0 Å². The van der Waals surface area contributed by atoms with Gasteiger partial charge in [-0.1, -0.05) is 27.5 Å². The van der Waals surface area contributed by atoms with Crippen LogP contribution in [0.5, 0.6) is 0 Å². The van der Waals surface area contributed by atoms with E-state index >= 15 is 0 Å². The van der Waals surface area contributed by atoms with Gasteiger partial charge in [0.15, 0.2) is 0 Å². The third-order valence-corrected chi connectivity index (χ3v) is 6.04. The van der Waals surface area contributed by atoms with Crippen molar-refractivity contribution in [1.82, 2.24) is 9.80 Å².